The van der Waals surface area contributed by atoms with Gasteiger partial charge in [0.2, 0.25) is 0 Å². The number of rotatable bonds is 3. The van der Waals surface area contributed by atoms with Crippen molar-refractivity contribution < 1.29 is 9.90 Å². The molecule has 122 valence electrons. The summed E-state index contributed by atoms with van der Waals surface area (Å²) in [5.74, 6) is -0.0808. The Labute approximate surface area is 153 Å². The summed E-state index contributed by atoms with van der Waals surface area (Å²) in [4.78, 5) is 16.7. The van der Waals surface area contributed by atoms with Crippen molar-refractivity contribution in [1.82, 2.24) is 0 Å². The Morgan fingerprint density at radius 3 is 2.58 bits per heavy atom. The first-order chi connectivity index (χ1) is 11.5. The van der Waals surface area contributed by atoms with Crippen LogP contribution in [0.15, 0.2) is 69.3 Å². The van der Waals surface area contributed by atoms with Gasteiger partial charge in [-0.05, 0) is 47.9 Å². The minimum Gasteiger partial charge on any atom is -0.511 e. The number of allylic oxidation sites excluding steroid dienone is 2. The molecule has 0 amide bonds. The van der Waals surface area contributed by atoms with E-state index in [1.165, 1.54) is 6.21 Å². The van der Waals surface area contributed by atoms with Crippen molar-refractivity contribution in [2.45, 2.75) is 18.8 Å². The molecular formula is C19H15BrClNO2. The van der Waals surface area contributed by atoms with E-state index in [0.717, 1.165) is 15.7 Å². The molecule has 0 aromatic heterocycles. The van der Waals surface area contributed by atoms with E-state index < -0.39 is 0 Å². The fourth-order valence-electron chi connectivity index (χ4n) is 2.72. The average molecular weight is 405 g/mol. The summed E-state index contributed by atoms with van der Waals surface area (Å²) in [5.41, 5.74) is 1.98. The predicted molar refractivity (Wildman–Crippen MR) is 100 cm³/mol. The van der Waals surface area contributed by atoms with Crippen molar-refractivity contribution in [2.24, 2.45) is 4.99 Å². The molecule has 1 aliphatic carbocycles. The Balaban J connectivity index is 1.81. The molecule has 24 heavy (non-hydrogen) atoms. The van der Waals surface area contributed by atoms with Gasteiger partial charge in [0.15, 0.2) is 5.78 Å². The predicted octanol–water partition coefficient (Wildman–Crippen LogP) is 5.76. The summed E-state index contributed by atoms with van der Waals surface area (Å²) in [6.45, 7) is 0. The second-order valence-corrected chi connectivity index (χ2v) is 7.03. The Morgan fingerprint density at radius 2 is 1.92 bits per heavy atom. The molecule has 3 rings (SSSR count). The number of aliphatic hydroxyl groups excluding tert-OH is 1. The van der Waals surface area contributed by atoms with Crippen molar-refractivity contribution in [3.63, 3.8) is 0 Å². The maximum absolute atomic E-state index is 12.4. The number of aliphatic hydroxyl groups is 1. The third kappa shape index (κ3) is 3.94. The molecular weight excluding hydrogens is 390 g/mol. The maximum atomic E-state index is 12.4. The molecule has 0 fully saturated rings. The number of Topliss-reactive ketones (excluding diaryl/α,β-unsaturated/α-hetero) is 1. The van der Waals surface area contributed by atoms with Crippen LogP contribution in [0.4, 0.5) is 5.69 Å². The third-order valence-electron chi connectivity index (χ3n) is 3.97. The highest BCUT2D eigenvalue weighted by Gasteiger charge is 2.27. The lowest BCUT2D eigenvalue weighted by Crippen LogP contribution is -2.19. The van der Waals surface area contributed by atoms with Gasteiger partial charge in [-0.25, -0.2) is 0 Å². The molecule has 0 aliphatic heterocycles. The zero-order valence-electron chi connectivity index (χ0n) is 12.7. The SMILES string of the molecule is O=C1CC(c2cccc(Cl)c2)CC(O)=C1C=Nc1ccc(Br)cc1. The lowest BCUT2D eigenvalue weighted by Gasteiger charge is -2.22. The van der Waals surface area contributed by atoms with Crippen LogP contribution in [-0.4, -0.2) is 17.1 Å². The van der Waals surface area contributed by atoms with Gasteiger partial charge >= 0.3 is 0 Å². The molecule has 0 saturated carbocycles. The van der Waals surface area contributed by atoms with E-state index in [1.54, 1.807) is 6.07 Å². The van der Waals surface area contributed by atoms with Crippen molar-refractivity contribution in [1.29, 1.82) is 0 Å². The summed E-state index contributed by atoms with van der Waals surface area (Å²) in [5, 5.41) is 10.9. The smallest absolute Gasteiger partial charge is 0.168 e. The van der Waals surface area contributed by atoms with Crippen LogP contribution in [0, 0.1) is 0 Å². The Kier molecular flexibility index (Phi) is 5.17. The quantitative estimate of drug-likeness (QED) is 0.661. The van der Waals surface area contributed by atoms with E-state index in [0.29, 0.717) is 17.9 Å². The first-order valence-corrected chi connectivity index (χ1v) is 8.70. The van der Waals surface area contributed by atoms with Crippen molar-refractivity contribution in [3.8, 4) is 0 Å². The van der Waals surface area contributed by atoms with E-state index >= 15 is 0 Å². The van der Waals surface area contributed by atoms with Crippen LogP contribution in [-0.2, 0) is 4.79 Å². The zero-order chi connectivity index (χ0) is 17.1. The van der Waals surface area contributed by atoms with E-state index in [-0.39, 0.29) is 23.0 Å². The molecule has 5 heteroatoms. The topological polar surface area (TPSA) is 49.7 Å². The van der Waals surface area contributed by atoms with Gasteiger partial charge in [0.05, 0.1) is 11.3 Å². The number of hydrogen-bond acceptors (Lipinski definition) is 3. The minimum atomic E-state index is -0.107. The number of hydrogen-bond donors (Lipinski definition) is 1. The first kappa shape index (κ1) is 16.9. The molecule has 1 unspecified atom stereocenters. The highest BCUT2D eigenvalue weighted by Crippen LogP contribution is 2.34. The number of halogens is 2. The van der Waals surface area contributed by atoms with Gasteiger partial charge in [-0.15, -0.1) is 0 Å². The van der Waals surface area contributed by atoms with Crippen molar-refractivity contribution in [3.05, 3.63) is 74.9 Å². The number of carbonyl (C=O) groups is 1. The second-order valence-electron chi connectivity index (χ2n) is 5.68. The van der Waals surface area contributed by atoms with Gasteiger partial charge in [-0.1, -0.05) is 39.7 Å². The van der Waals surface area contributed by atoms with E-state index in [9.17, 15) is 9.90 Å². The fourth-order valence-corrected chi connectivity index (χ4v) is 3.18. The number of nitrogens with zero attached hydrogens (tertiary/aromatic N) is 1. The van der Waals surface area contributed by atoms with E-state index in [1.807, 2.05) is 42.5 Å². The number of ketones is 1. The first-order valence-electron chi connectivity index (χ1n) is 7.53. The van der Waals surface area contributed by atoms with Crippen LogP contribution in [0.1, 0.15) is 24.3 Å². The highest BCUT2D eigenvalue weighted by atomic mass is 79.9. The van der Waals surface area contributed by atoms with E-state index in [4.69, 9.17) is 11.6 Å². The third-order valence-corrected chi connectivity index (χ3v) is 4.74. The van der Waals surface area contributed by atoms with Gasteiger partial charge in [0, 0.05) is 28.6 Å². The molecule has 2 aromatic rings. The number of carbonyl (C=O) groups excluding carboxylic acids is 1. The summed E-state index contributed by atoms with van der Waals surface area (Å²) in [6.07, 6.45) is 2.20. The normalized spacial score (nSPS) is 18.4. The Bertz CT molecular complexity index is 828. The van der Waals surface area contributed by atoms with Crippen LogP contribution < -0.4 is 0 Å². The molecule has 1 atom stereocenters. The van der Waals surface area contributed by atoms with Crippen LogP contribution in [0.2, 0.25) is 5.02 Å². The second kappa shape index (κ2) is 7.32. The molecule has 0 saturated heterocycles. The van der Waals surface area contributed by atoms with Gasteiger partial charge in [-0.2, -0.15) is 0 Å². The monoisotopic (exact) mass is 403 g/mol. The number of aliphatic imine (C=N–C) groups is 1. The number of benzene rings is 2. The summed E-state index contributed by atoms with van der Waals surface area (Å²) in [6, 6.07) is 14.8. The van der Waals surface area contributed by atoms with Crippen LogP contribution in [0.3, 0.4) is 0 Å². The lowest BCUT2D eigenvalue weighted by molar-refractivity contribution is -0.116. The van der Waals surface area contributed by atoms with Gasteiger partial charge in [-0.3, -0.25) is 9.79 Å². The lowest BCUT2D eigenvalue weighted by atomic mass is 9.83. The van der Waals surface area contributed by atoms with Crippen LogP contribution >= 0.6 is 27.5 Å². The van der Waals surface area contributed by atoms with E-state index in [2.05, 4.69) is 20.9 Å². The molecule has 2 aromatic carbocycles. The highest BCUT2D eigenvalue weighted by molar-refractivity contribution is 9.10. The van der Waals surface area contributed by atoms with Crippen molar-refractivity contribution in [2.75, 3.05) is 0 Å². The van der Waals surface area contributed by atoms with Crippen molar-refractivity contribution >= 4 is 45.2 Å². The molecule has 0 bridgehead atoms. The van der Waals surface area contributed by atoms with Gasteiger partial charge < -0.3 is 5.11 Å². The molecule has 3 nitrogen and oxygen atoms in total. The Hall–Kier alpha value is -1.91. The molecule has 0 spiro atoms. The minimum absolute atomic E-state index is 0.0546. The average Bonchev–Trinajstić information content (AvgIpc) is 2.55. The summed E-state index contributed by atoms with van der Waals surface area (Å²) < 4.78 is 0.960. The molecule has 1 N–H and O–H groups in total. The van der Waals surface area contributed by atoms with Gasteiger partial charge in [0.25, 0.3) is 0 Å². The van der Waals surface area contributed by atoms with Crippen LogP contribution in [0.25, 0.3) is 0 Å². The van der Waals surface area contributed by atoms with Gasteiger partial charge in [0.1, 0.15) is 5.76 Å². The largest absolute Gasteiger partial charge is 0.511 e. The standard InChI is InChI=1S/C19H15BrClNO2/c20-14-4-6-16(7-5-14)22-11-17-18(23)9-13(10-19(17)24)12-2-1-3-15(21)8-12/h1-8,11,13,23H,9-10H2. The Morgan fingerprint density at radius 1 is 1.17 bits per heavy atom. The summed E-state index contributed by atoms with van der Waals surface area (Å²) in [7, 11) is 0. The molecule has 0 heterocycles. The molecule has 1 aliphatic rings. The zero-order valence-corrected chi connectivity index (χ0v) is 15.1. The fraction of sp³-hybridized carbons (Fsp3) is 0.158. The summed E-state index contributed by atoms with van der Waals surface area (Å²) >= 11 is 9.37. The van der Waals surface area contributed by atoms with Crippen LogP contribution in [0.5, 0.6) is 0 Å². The maximum Gasteiger partial charge on any atom is 0.168 e. The molecule has 0 radical (unpaired) electrons.